The van der Waals surface area contributed by atoms with E-state index >= 15 is 0 Å². The maximum atomic E-state index is 12.8. The highest BCUT2D eigenvalue weighted by atomic mass is 32.2. The van der Waals surface area contributed by atoms with Gasteiger partial charge in [0.1, 0.15) is 0 Å². The predicted octanol–water partition coefficient (Wildman–Crippen LogP) is 1.65. The van der Waals surface area contributed by atoms with Crippen molar-refractivity contribution in [2.45, 2.75) is 31.6 Å². The molecule has 1 saturated heterocycles. The maximum Gasteiger partial charge on any atom is 0.311 e. The molecule has 0 unspecified atom stereocenters. The van der Waals surface area contributed by atoms with Crippen LogP contribution in [0.25, 0.3) is 0 Å². The highest BCUT2D eigenvalue weighted by molar-refractivity contribution is 7.89. The number of carbonyl (C=O) groups is 1. The maximum absolute atomic E-state index is 12.8. The van der Waals surface area contributed by atoms with Gasteiger partial charge in [0, 0.05) is 32.1 Å². The van der Waals surface area contributed by atoms with Gasteiger partial charge in [-0.1, -0.05) is 32.0 Å². The van der Waals surface area contributed by atoms with Crippen molar-refractivity contribution in [3.05, 3.63) is 41.6 Å². The van der Waals surface area contributed by atoms with Gasteiger partial charge < -0.3 is 9.32 Å². The number of benzene rings is 1. The number of carbonyl (C=O) groups excluding carboxylic acids is 1. The summed E-state index contributed by atoms with van der Waals surface area (Å²) < 4.78 is 32.4. The van der Waals surface area contributed by atoms with Crippen LogP contribution in [0.5, 0.6) is 0 Å². The number of aryl methyl sites for hydroxylation is 1. The van der Waals surface area contributed by atoms with E-state index in [1.54, 1.807) is 36.1 Å². The minimum Gasteiger partial charge on any atom is -0.417 e. The number of rotatable bonds is 4. The average Bonchev–Trinajstić information content (AvgIpc) is 3.12. The first kappa shape index (κ1) is 18.5. The van der Waals surface area contributed by atoms with E-state index in [0.717, 1.165) is 0 Å². The first-order valence-electron chi connectivity index (χ1n) is 8.49. The Hall–Kier alpha value is -2.26. The van der Waals surface area contributed by atoms with Gasteiger partial charge in [0.25, 0.3) is 0 Å². The van der Waals surface area contributed by atoms with Crippen LogP contribution in [0, 0.1) is 6.92 Å². The Balaban J connectivity index is 1.69. The van der Waals surface area contributed by atoms with Crippen molar-refractivity contribution in [2.24, 2.45) is 0 Å². The molecule has 8 nitrogen and oxygen atoms in total. The van der Waals surface area contributed by atoms with Crippen LogP contribution in [-0.4, -0.2) is 59.9 Å². The minimum atomic E-state index is -3.57. The molecule has 140 valence electrons. The van der Waals surface area contributed by atoms with Crippen molar-refractivity contribution in [3.63, 3.8) is 0 Å². The smallest absolute Gasteiger partial charge is 0.311 e. The molecule has 2 aromatic rings. The number of hydrogen-bond donors (Lipinski definition) is 0. The quantitative estimate of drug-likeness (QED) is 0.802. The van der Waals surface area contributed by atoms with E-state index in [2.05, 4.69) is 10.2 Å². The summed E-state index contributed by atoms with van der Waals surface area (Å²) >= 11 is 0. The van der Waals surface area contributed by atoms with Crippen molar-refractivity contribution < 1.29 is 17.6 Å². The second-order valence-electron chi connectivity index (χ2n) is 6.56. The van der Waals surface area contributed by atoms with Crippen molar-refractivity contribution in [3.8, 4) is 0 Å². The topological polar surface area (TPSA) is 96.6 Å². The first-order chi connectivity index (χ1) is 12.3. The first-order valence-corrected chi connectivity index (χ1v) is 9.93. The number of hydrogen-bond acceptors (Lipinski definition) is 6. The van der Waals surface area contributed by atoms with Crippen LogP contribution in [0.3, 0.4) is 0 Å². The second kappa shape index (κ2) is 7.16. The van der Waals surface area contributed by atoms with E-state index in [9.17, 15) is 13.2 Å². The lowest BCUT2D eigenvalue weighted by Crippen LogP contribution is -2.50. The highest BCUT2D eigenvalue weighted by Crippen LogP contribution is 2.21. The van der Waals surface area contributed by atoms with Crippen LogP contribution in [0.15, 0.2) is 33.6 Å². The molecule has 1 fully saturated rings. The van der Waals surface area contributed by atoms with Gasteiger partial charge in [0.2, 0.25) is 15.9 Å². The molecular weight excluding hydrogens is 356 g/mol. The summed E-state index contributed by atoms with van der Waals surface area (Å²) in [6, 6.07) is 6.89. The molecule has 0 bridgehead atoms. The zero-order valence-electron chi connectivity index (χ0n) is 15.0. The van der Waals surface area contributed by atoms with Gasteiger partial charge in [-0.3, -0.25) is 4.79 Å². The zero-order valence-corrected chi connectivity index (χ0v) is 15.9. The molecule has 0 saturated carbocycles. The third-order valence-corrected chi connectivity index (χ3v) is 6.41. The largest absolute Gasteiger partial charge is 0.417 e. The standard InChI is InChI=1S/C17H22N4O4S/c1-12(2)15-18-19-16(25-15)17(22)20-8-10-21(11-9-20)26(23,24)14-7-5-4-6-13(14)3/h4-7,12H,8-11H2,1-3H3. The third-order valence-electron chi connectivity index (χ3n) is 4.35. The Bertz CT molecular complexity index is 899. The summed E-state index contributed by atoms with van der Waals surface area (Å²) in [5.74, 6) is 0.0375. The Labute approximate surface area is 152 Å². The molecule has 1 aromatic carbocycles. The van der Waals surface area contributed by atoms with Gasteiger partial charge in [0.05, 0.1) is 4.90 Å². The summed E-state index contributed by atoms with van der Waals surface area (Å²) in [7, 11) is -3.57. The van der Waals surface area contributed by atoms with E-state index in [4.69, 9.17) is 4.42 Å². The molecule has 0 radical (unpaired) electrons. The molecule has 0 aliphatic carbocycles. The van der Waals surface area contributed by atoms with Crippen LogP contribution in [0.1, 0.15) is 41.9 Å². The van der Waals surface area contributed by atoms with Gasteiger partial charge in [-0.25, -0.2) is 8.42 Å². The molecule has 1 aromatic heterocycles. The molecule has 0 spiro atoms. The molecule has 9 heteroatoms. The van der Waals surface area contributed by atoms with Crippen LogP contribution in [-0.2, 0) is 10.0 Å². The fourth-order valence-electron chi connectivity index (χ4n) is 2.81. The van der Waals surface area contributed by atoms with Crippen LogP contribution in [0.4, 0.5) is 0 Å². The van der Waals surface area contributed by atoms with Gasteiger partial charge >= 0.3 is 11.8 Å². The number of aromatic nitrogens is 2. The monoisotopic (exact) mass is 378 g/mol. The zero-order chi connectivity index (χ0) is 18.9. The molecule has 3 rings (SSSR count). The lowest BCUT2D eigenvalue weighted by atomic mass is 10.2. The molecule has 1 amide bonds. The van der Waals surface area contributed by atoms with E-state index in [-0.39, 0.29) is 43.9 Å². The van der Waals surface area contributed by atoms with Gasteiger partial charge in [-0.05, 0) is 18.6 Å². The average molecular weight is 378 g/mol. The van der Waals surface area contributed by atoms with Gasteiger partial charge in [-0.15, -0.1) is 10.2 Å². The Kier molecular flexibility index (Phi) is 5.10. The minimum absolute atomic E-state index is 0.0418. The molecule has 26 heavy (non-hydrogen) atoms. The van der Waals surface area contributed by atoms with Crippen molar-refractivity contribution >= 4 is 15.9 Å². The van der Waals surface area contributed by atoms with Crippen molar-refractivity contribution in [2.75, 3.05) is 26.2 Å². The summed E-state index contributed by atoms with van der Waals surface area (Å²) in [6.45, 7) is 6.59. The Morgan fingerprint density at radius 1 is 1.12 bits per heavy atom. The van der Waals surface area contributed by atoms with E-state index < -0.39 is 10.0 Å². The Morgan fingerprint density at radius 2 is 1.77 bits per heavy atom. The molecule has 1 aliphatic heterocycles. The molecular formula is C17H22N4O4S. The summed E-state index contributed by atoms with van der Waals surface area (Å²) in [5, 5.41) is 7.66. The second-order valence-corrected chi connectivity index (χ2v) is 8.47. The fraction of sp³-hybridized carbons (Fsp3) is 0.471. The third kappa shape index (κ3) is 3.49. The van der Waals surface area contributed by atoms with E-state index in [0.29, 0.717) is 16.3 Å². The van der Waals surface area contributed by atoms with Crippen LogP contribution in [0.2, 0.25) is 0 Å². The number of amides is 1. The van der Waals surface area contributed by atoms with Crippen LogP contribution < -0.4 is 0 Å². The van der Waals surface area contributed by atoms with Crippen molar-refractivity contribution in [1.29, 1.82) is 0 Å². The summed E-state index contributed by atoms with van der Waals surface area (Å²) in [6.07, 6.45) is 0. The predicted molar refractivity (Wildman–Crippen MR) is 94.2 cm³/mol. The van der Waals surface area contributed by atoms with E-state index in [1.165, 1.54) is 4.31 Å². The lowest BCUT2D eigenvalue weighted by molar-refractivity contribution is 0.0655. The molecule has 2 heterocycles. The number of nitrogens with zero attached hydrogens (tertiary/aromatic N) is 4. The van der Waals surface area contributed by atoms with Gasteiger partial charge in [0.15, 0.2) is 0 Å². The Morgan fingerprint density at radius 3 is 2.35 bits per heavy atom. The summed E-state index contributed by atoms with van der Waals surface area (Å²) in [4.78, 5) is 14.3. The SMILES string of the molecule is Cc1ccccc1S(=O)(=O)N1CCN(C(=O)c2nnc(C(C)C)o2)CC1. The lowest BCUT2D eigenvalue weighted by Gasteiger charge is -2.33. The highest BCUT2D eigenvalue weighted by Gasteiger charge is 2.32. The number of sulfonamides is 1. The summed E-state index contributed by atoms with van der Waals surface area (Å²) in [5.41, 5.74) is 0.707. The normalized spacial score (nSPS) is 16.2. The molecule has 0 N–H and O–H groups in total. The molecule has 0 atom stereocenters. The van der Waals surface area contributed by atoms with Crippen LogP contribution >= 0.6 is 0 Å². The van der Waals surface area contributed by atoms with Crippen molar-refractivity contribution in [1.82, 2.24) is 19.4 Å². The number of piperazine rings is 1. The van der Waals surface area contributed by atoms with E-state index in [1.807, 2.05) is 13.8 Å². The van der Waals surface area contributed by atoms with Gasteiger partial charge in [-0.2, -0.15) is 4.31 Å². The molecule has 1 aliphatic rings. The fourth-order valence-corrected chi connectivity index (χ4v) is 4.45.